The molecule has 0 atom stereocenters. The molecular weight excluding hydrogens is 230 g/mol. The van der Waals surface area contributed by atoms with Gasteiger partial charge in [0.15, 0.2) is 10.7 Å². The second-order valence-electron chi connectivity index (χ2n) is 2.82. The van der Waals surface area contributed by atoms with Gasteiger partial charge >= 0.3 is 5.97 Å². The second-order valence-corrected chi connectivity index (χ2v) is 3.68. The van der Waals surface area contributed by atoms with Crippen LogP contribution < -0.4 is 0 Å². The third-order valence-corrected chi connectivity index (χ3v) is 2.55. The lowest BCUT2D eigenvalue weighted by Gasteiger charge is -1.97. The molecule has 0 saturated heterocycles. The van der Waals surface area contributed by atoms with Crippen molar-refractivity contribution in [1.82, 2.24) is 4.98 Å². The summed E-state index contributed by atoms with van der Waals surface area (Å²) in [7, 11) is 0. The van der Waals surface area contributed by atoms with Crippen molar-refractivity contribution >= 4 is 23.1 Å². The maximum Gasteiger partial charge on any atom is 0.357 e. The van der Waals surface area contributed by atoms with Crippen molar-refractivity contribution in [2.24, 2.45) is 0 Å². The monoisotopic (exact) mass is 243 g/mol. The van der Waals surface area contributed by atoms with Crippen LogP contribution in [0.5, 0.6) is 0 Å². The highest BCUT2D eigenvalue weighted by Crippen LogP contribution is 2.11. The largest absolute Gasteiger partial charge is 0.461 e. The quantitative estimate of drug-likeness (QED) is 0.560. The lowest BCUT2D eigenvalue weighted by molar-refractivity contribution is 0.0520. The van der Waals surface area contributed by atoms with E-state index in [1.54, 1.807) is 13.8 Å². The highest BCUT2D eigenvalue weighted by molar-refractivity contribution is 7.12. The summed E-state index contributed by atoms with van der Waals surface area (Å²) in [6.45, 7) is 4.28. The highest BCUT2D eigenvalue weighted by Gasteiger charge is 2.15. The molecule has 88 valence electrons. The van der Waals surface area contributed by atoms with Gasteiger partial charge in [0.05, 0.1) is 6.61 Å². The van der Waals surface area contributed by atoms with E-state index in [2.05, 4.69) is 4.98 Å². The standard InChI is InChI=1S/C10H13NO4S/c1-3-14-5-8(12)9-11-7(6-16-9)10(13)15-4-2/h6H,3-5H2,1-2H3. The highest BCUT2D eigenvalue weighted by atomic mass is 32.1. The summed E-state index contributed by atoms with van der Waals surface area (Å²) in [6, 6.07) is 0. The van der Waals surface area contributed by atoms with E-state index in [4.69, 9.17) is 9.47 Å². The van der Waals surface area contributed by atoms with Crippen molar-refractivity contribution in [3.63, 3.8) is 0 Å². The molecule has 0 aliphatic carbocycles. The summed E-state index contributed by atoms with van der Waals surface area (Å²) in [4.78, 5) is 26.6. The number of hydrogen-bond acceptors (Lipinski definition) is 6. The fourth-order valence-electron chi connectivity index (χ4n) is 0.957. The first kappa shape index (κ1) is 12.8. The summed E-state index contributed by atoms with van der Waals surface area (Å²) in [5, 5.41) is 1.79. The SMILES string of the molecule is CCOCC(=O)c1nc(C(=O)OCC)cs1. The molecule has 0 spiro atoms. The molecule has 0 bridgehead atoms. The summed E-state index contributed by atoms with van der Waals surface area (Å²) in [6.07, 6.45) is 0. The molecule has 16 heavy (non-hydrogen) atoms. The average molecular weight is 243 g/mol. The van der Waals surface area contributed by atoms with Gasteiger partial charge in [-0.15, -0.1) is 11.3 Å². The number of thiazole rings is 1. The first-order chi connectivity index (χ1) is 7.69. The minimum Gasteiger partial charge on any atom is -0.461 e. The van der Waals surface area contributed by atoms with E-state index in [0.29, 0.717) is 13.2 Å². The fraction of sp³-hybridized carbons (Fsp3) is 0.500. The van der Waals surface area contributed by atoms with Crippen LogP contribution in [0.25, 0.3) is 0 Å². The topological polar surface area (TPSA) is 65.5 Å². The molecular formula is C10H13NO4S. The molecule has 0 aliphatic heterocycles. The van der Waals surface area contributed by atoms with E-state index in [-0.39, 0.29) is 23.1 Å². The zero-order chi connectivity index (χ0) is 12.0. The Bertz CT molecular complexity index is 375. The van der Waals surface area contributed by atoms with Gasteiger partial charge in [0.1, 0.15) is 6.61 Å². The van der Waals surface area contributed by atoms with E-state index < -0.39 is 5.97 Å². The minimum absolute atomic E-state index is 0.00766. The molecule has 0 amide bonds. The number of Topliss-reactive ketones (excluding diaryl/α,β-unsaturated/α-hetero) is 1. The second kappa shape index (κ2) is 6.34. The average Bonchev–Trinajstić information content (AvgIpc) is 2.75. The summed E-state index contributed by atoms with van der Waals surface area (Å²) in [5.41, 5.74) is 0.173. The van der Waals surface area contributed by atoms with Gasteiger partial charge in [-0.05, 0) is 13.8 Å². The first-order valence-electron chi connectivity index (χ1n) is 4.92. The van der Waals surface area contributed by atoms with Crippen molar-refractivity contribution in [2.75, 3.05) is 19.8 Å². The molecule has 0 saturated carbocycles. The Labute approximate surface area is 97.4 Å². The molecule has 0 fully saturated rings. The lowest BCUT2D eigenvalue weighted by atomic mass is 10.4. The third kappa shape index (κ3) is 3.39. The Kier molecular flexibility index (Phi) is 5.07. The number of hydrogen-bond donors (Lipinski definition) is 0. The van der Waals surface area contributed by atoms with E-state index in [1.807, 2.05) is 0 Å². The molecule has 0 aromatic carbocycles. The molecule has 0 aliphatic rings. The smallest absolute Gasteiger partial charge is 0.357 e. The zero-order valence-electron chi connectivity index (χ0n) is 9.19. The van der Waals surface area contributed by atoms with Crippen LogP contribution in [0, 0.1) is 0 Å². The van der Waals surface area contributed by atoms with Crippen molar-refractivity contribution in [3.8, 4) is 0 Å². The predicted molar refractivity (Wildman–Crippen MR) is 58.9 cm³/mol. The first-order valence-corrected chi connectivity index (χ1v) is 5.80. The van der Waals surface area contributed by atoms with E-state index in [0.717, 1.165) is 11.3 Å². The van der Waals surface area contributed by atoms with Gasteiger partial charge in [0, 0.05) is 12.0 Å². The van der Waals surface area contributed by atoms with Crippen LogP contribution in [0.2, 0.25) is 0 Å². The Balaban J connectivity index is 2.63. The molecule has 0 unspecified atom stereocenters. The van der Waals surface area contributed by atoms with Gasteiger partial charge in [0.2, 0.25) is 5.78 Å². The summed E-state index contributed by atoms with van der Waals surface area (Å²) >= 11 is 1.12. The number of esters is 1. The third-order valence-electron chi connectivity index (χ3n) is 1.66. The Hall–Kier alpha value is -1.27. The van der Waals surface area contributed by atoms with Gasteiger partial charge < -0.3 is 9.47 Å². The maximum absolute atomic E-state index is 11.5. The molecule has 6 heteroatoms. The number of nitrogens with zero attached hydrogens (tertiary/aromatic N) is 1. The summed E-state index contributed by atoms with van der Waals surface area (Å²) < 4.78 is 9.73. The summed E-state index contributed by atoms with van der Waals surface area (Å²) in [5.74, 6) is -0.725. The number of carbonyl (C=O) groups is 2. The number of ether oxygens (including phenoxy) is 2. The van der Waals surface area contributed by atoms with Crippen LogP contribution >= 0.6 is 11.3 Å². The number of aromatic nitrogens is 1. The zero-order valence-corrected chi connectivity index (χ0v) is 10.0. The Morgan fingerprint density at radius 2 is 2.12 bits per heavy atom. The van der Waals surface area contributed by atoms with E-state index >= 15 is 0 Å². The van der Waals surface area contributed by atoms with Gasteiger partial charge in [-0.25, -0.2) is 9.78 Å². The molecule has 0 N–H and O–H groups in total. The Morgan fingerprint density at radius 3 is 2.75 bits per heavy atom. The van der Waals surface area contributed by atoms with E-state index in [1.165, 1.54) is 5.38 Å². The van der Waals surface area contributed by atoms with Gasteiger partial charge in [0.25, 0.3) is 0 Å². The molecule has 0 radical (unpaired) electrons. The van der Waals surface area contributed by atoms with Crippen LogP contribution in [-0.2, 0) is 9.47 Å². The normalized spacial score (nSPS) is 10.1. The van der Waals surface area contributed by atoms with Gasteiger partial charge in [-0.1, -0.05) is 0 Å². The van der Waals surface area contributed by atoms with E-state index in [9.17, 15) is 9.59 Å². The fourth-order valence-corrected chi connectivity index (χ4v) is 1.67. The lowest BCUT2D eigenvalue weighted by Crippen LogP contribution is -2.10. The van der Waals surface area contributed by atoms with Crippen molar-refractivity contribution in [2.45, 2.75) is 13.8 Å². The number of rotatable bonds is 6. The Morgan fingerprint density at radius 1 is 1.38 bits per heavy atom. The van der Waals surface area contributed by atoms with Crippen molar-refractivity contribution in [1.29, 1.82) is 0 Å². The van der Waals surface area contributed by atoms with Crippen molar-refractivity contribution in [3.05, 3.63) is 16.1 Å². The molecule has 1 heterocycles. The van der Waals surface area contributed by atoms with Crippen LogP contribution in [0.4, 0.5) is 0 Å². The molecule has 5 nitrogen and oxygen atoms in total. The predicted octanol–water partition coefficient (Wildman–Crippen LogP) is 1.54. The molecule has 1 rings (SSSR count). The maximum atomic E-state index is 11.5. The van der Waals surface area contributed by atoms with Crippen LogP contribution in [0.3, 0.4) is 0 Å². The van der Waals surface area contributed by atoms with Gasteiger partial charge in [-0.3, -0.25) is 4.79 Å². The number of ketones is 1. The minimum atomic E-state index is -0.505. The molecule has 1 aromatic heterocycles. The van der Waals surface area contributed by atoms with Gasteiger partial charge in [-0.2, -0.15) is 0 Å². The number of carbonyl (C=O) groups excluding carboxylic acids is 2. The van der Waals surface area contributed by atoms with Crippen molar-refractivity contribution < 1.29 is 19.1 Å². The van der Waals surface area contributed by atoms with Crippen LogP contribution in [0.1, 0.15) is 34.1 Å². The van der Waals surface area contributed by atoms with Crippen LogP contribution in [0.15, 0.2) is 5.38 Å². The molecule has 1 aromatic rings. The van der Waals surface area contributed by atoms with Crippen LogP contribution in [-0.4, -0.2) is 36.6 Å².